The Bertz CT molecular complexity index is 1460. The van der Waals surface area contributed by atoms with E-state index in [0.29, 0.717) is 11.3 Å². The zero-order valence-electron chi connectivity index (χ0n) is 17.5. The van der Waals surface area contributed by atoms with Crippen LogP contribution in [0.5, 0.6) is 23.3 Å². The summed E-state index contributed by atoms with van der Waals surface area (Å²) in [5, 5.41) is 10.8. The third-order valence-corrected chi connectivity index (χ3v) is 5.62. The molecule has 3 heterocycles. The van der Waals surface area contributed by atoms with Gasteiger partial charge in [-0.1, -0.05) is 0 Å². The molecule has 1 atom stereocenters. The molecule has 1 aliphatic heterocycles. The first-order valence-corrected chi connectivity index (χ1v) is 9.24. The Morgan fingerprint density at radius 2 is 1.45 bits per heavy atom. The Morgan fingerprint density at radius 1 is 0.871 bits per heavy atom. The molecule has 1 N–H and O–H groups in total. The minimum atomic E-state index is -1.12. The van der Waals surface area contributed by atoms with Gasteiger partial charge in [0, 0.05) is 33.8 Å². The third kappa shape index (κ3) is 2.66. The molecular weight excluding hydrogens is 408 g/mol. The molecule has 3 aromatic rings. The van der Waals surface area contributed by atoms with E-state index in [-0.39, 0.29) is 22.8 Å². The summed E-state index contributed by atoms with van der Waals surface area (Å²) in [5.74, 6) is -1.05. The highest BCUT2D eigenvalue weighted by atomic mass is 16.5. The number of hydrogen-bond acceptors (Lipinski definition) is 7. The molecule has 4 rings (SSSR count). The molecule has 31 heavy (non-hydrogen) atoms. The smallest absolute Gasteiger partial charge is 0.333 e. The topological polar surface area (TPSA) is 127 Å². The molecule has 11 nitrogen and oxygen atoms in total. The van der Waals surface area contributed by atoms with Crippen molar-refractivity contribution in [3.05, 3.63) is 76.6 Å². The van der Waals surface area contributed by atoms with Gasteiger partial charge in [0.05, 0.1) is 24.2 Å². The molecule has 0 unspecified atom stereocenters. The maximum Gasteiger partial charge on any atom is 0.333 e. The molecule has 0 radical (unpaired) electrons. The van der Waals surface area contributed by atoms with Crippen molar-refractivity contribution in [3.8, 4) is 23.3 Å². The second-order valence-corrected chi connectivity index (χ2v) is 7.31. The van der Waals surface area contributed by atoms with Gasteiger partial charge >= 0.3 is 11.4 Å². The molecule has 0 spiro atoms. The predicted octanol–water partition coefficient (Wildman–Crippen LogP) is -0.518. The Balaban J connectivity index is 2.24. The fourth-order valence-corrected chi connectivity index (χ4v) is 3.87. The van der Waals surface area contributed by atoms with Gasteiger partial charge in [-0.3, -0.25) is 27.9 Å². The normalized spacial score (nSPS) is 14.5. The Kier molecular flexibility index (Phi) is 4.42. The summed E-state index contributed by atoms with van der Waals surface area (Å²) >= 11 is 0. The van der Waals surface area contributed by atoms with Crippen LogP contribution in [0.2, 0.25) is 0 Å². The lowest BCUT2D eigenvalue weighted by atomic mass is 9.84. The largest absolute Gasteiger partial charge is 0.497 e. The number of methoxy groups -OCH3 is 1. The molecule has 1 aromatic carbocycles. The minimum absolute atomic E-state index is 0.0172. The van der Waals surface area contributed by atoms with Crippen LogP contribution < -0.4 is 32.0 Å². The van der Waals surface area contributed by atoms with Crippen LogP contribution in [0, 0.1) is 0 Å². The van der Waals surface area contributed by atoms with Gasteiger partial charge in [-0.2, -0.15) is 0 Å². The van der Waals surface area contributed by atoms with E-state index in [1.165, 1.54) is 35.3 Å². The quantitative estimate of drug-likeness (QED) is 0.455. The van der Waals surface area contributed by atoms with Crippen molar-refractivity contribution in [2.75, 3.05) is 7.11 Å². The van der Waals surface area contributed by atoms with Gasteiger partial charge in [0.25, 0.3) is 11.1 Å². The van der Waals surface area contributed by atoms with Gasteiger partial charge < -0.3 is 14.6 Å². The van der Waals surface area contributed by atoms with Crippen LogP contribution in [0.3, 0.4) is 0 Å². The van der Waals surface area contributed by atoms with Crippen LogP contribution in [0.25, 0.3) is 0 Å². The number of benzene rings is 1. The van der Waals surface area contributed by atoms with Crippen molar-refractivity contribution in [1.82, 2.24) is 18.3 Å². The van der Waals surface area contributed by atoms with Crippen molar-refractivity contribution in [1.29, 1.82) is 0 Å². The summed E-state index contributed by atoms with van der Waals surface area (Å²) in [4.78, 5) is 51.0. The van der Waals surface area contributed by atoms with Crippen LogP contribution in [0.1, 0.15) is 22.6 Å². The first-order valence-electron chi connectivity index (χ1n) is 9.24. The zero-order valence-corrected chi connectivity index (χ0v) is 17.5. The lowest BCUT2D eigenvalue weighted by molar-refractivity contribution is 0.377. The van der Waals surface area contributed by atoms with Gasteiger partial charge in [0.15, 0.2) is 0 Å². The zero-order chi connectivity index (χ0) is 22.8. The fourth-order valence-electron chi connectivity index (χ4n) is 3.87. The number of aromatic hydroxyl groups is 1. The highest BCUT2D eigenvalue weighted by molar-refractivity contribution is 5.58. The monoisotopic (exact) mass is 428 g/mol. The average Bonchev–Trinajstić information content (AvgIpc) is 2.77. The van der Waals surface area contributed by atoms with Crippen molar-refractivity contribution < 1.29 is 14.6 Å². The van der Waals surface area contributed by atoms with Gasteiger partial charge in [0.1, 0.15) is 11.5 Å². The number of aromatic nitrogens is 4. The molecule has 162 valence electrons. The van der Waals surface area contributed by atoms with Crippen LogP contribution in [-0.4, -0.2) is 30.5 Å². The maximum atomic E-state index is 13.2. The van der Waals surface area contributed by atoms with Gasteiger partial charge in [-0.05, 0) is 18.2 Å². The predicted molar refractivity (Wildman–Crippen MR) is 110 cm³/mol. The SMILES string of the molecule is COc1ccc2c(c1)[C@@H](c1c(O)n(C)c(=O)n(C)c1=O)c1c(n(C)c(=O)n(C)c1=O)O2. The molecule has 1 aliphatic rings. The summed E-state index contributed by atoms with van der Waals surface area (Å²) in [5.41, 5.74) is -2.64. The Hall–Kier alpha value is -4.02. The third-order valence-electron chi connectivity index (χ3n) is 5.62. The number of hydrogen-bond donors (Lipinski definition) is 1. The number of rotatable bonds is 2. The fraction of sp³-hybridized carbons (Fsp3) is 0.300. The maximum absolute atomic E-state index is 13.2. The summed E-state index contributed by atoms with van der Waals surface area (Å²) in [6.45, 7) is 0. The molecule has 0 aliphatic carbocycles. The highest BCUT2D eigenvalue weighted by Crippen LogP contribution is 2.47. The molecule has 11 heteroatoms. The van der Waals surface area contributed by atoms with Crippen LogP contribution >= 0.6 is 0 Å². The van der Waals surface area contributed by atoms with E-state index in [9.17, 15) is 24.3 Å². The van der Waals surface area contributed by atoms with E-state index in [1.54, 1.807) is 18.2 Å². The van der Waals surface area contributed by atoms with Crippen LogP contribution in [-0.2, 0) is 28.2 Å². The molecule has 0 amide bonds. The first-order chi connectivity index (χ1) is 14.6. The van der Waals surface area contributed by atoms with Crippen molar-refractivity contribution in [3.63, 3.8) is 0 Å². The molecule has 0 saturated carbocycles. The Morgan fingerprint density at radius 3 is 2.06 bits per heavy atom. The van der Waals surface area contributed by atoms with E-state index in [0.717, 1.165) is 18.3 Å². The van der Waals surface area contributed by atoms with Crippen molar-refractivity contribution in [2.45, 2.75) is 5.92 Å². The lowest BCUT2D eigenvalue weighted by Gasteiger charge is -2.29. The Labute approximate surface area is 174 Å². The summed E-state index contributed by atoms with van der Waals surface area (Å²) < 4.78 is 15.0. The average molecular weight is 428 g/mol. The standard InChI is InChI=1S/C20H20N4O7/c1-21-15(25)13(16(26)22(2)19(21)28)12-10-8-9(30-5)6-7-11(10)31-18-14(12)17(27)23(3)20(29)24(18)4/h6-8,12,25H,1-5H3/t12-/m0/s1. The molecule has 0 bridgehead atoms. The van der Waals surface area contributed by atoms with E-state index >= 15 is 0 Å². The first kappa shape index (κ1) is 20.3. The van der Waals surface area contributed by atoms with E-state index < -0.39 is 34.3 Å². The molecular formula is C20H20N4O7. The number of ether oxygens (including phenoxy) is 2. The highest BCUT2D eigenvalue weighted by Gasteiger charge is 2.38. The summed E-state index contributed by atoms with van der Waals surface area (Å²) in [7, 11) is 6.79. The molecule has 0 fully saturated rings. The summed E-state index contributed by atoms with van der Waals surface area (Å²) in [6.07, 6.45) is 0. The second kappa shape index (κ2) is 6.76. The summed E-state index contributed by atoms with van der Waals surface area (Å²) in [6, 6.07) is 4.78. The van der Waals surface area contributed by atoms with E-state index in [1.807, 2.05) is 0 Å². The van der Waals surface area contributed by atoms with Crippen molar-refractivity contribution >= 4 is 0 Å². The van der Waals surface area contributed by atoms with E-state index in [4.69, 9.17) is 9.47 Å². The second-order valence-electron chi connectivity index (χ2n) is 7.31. The van der Waals surface area contributed by atoms with Gasteiger partial charge in [-0.15, -0.1) is 0 Å². The minimum Gasteiger partial charge on any atom is -0.497 e. The lowest BCUT2D eigenvalue weighted by Crippen LogP contribution is -2.44. The van der Waals surface area contributed by atoms with Crippen LogP contribution in [0.4, 0.5) is 0 Å². The molecule has 2 aromatic heterocycles. The van der Waals surface area contributed by atoms with Crippen molar-refractivity contribution in [2.24, 2.45) is 28.2 Å². The van der Waals surface area contributed by atoms with Gasteiger partial charge in [-0.25, -0.2) is 9.59 Å². The van der Waals surface area contributed by atoms with Crippen LogP contribution in [0.15, 0.2) is 37.4 Å². The number of fused-ring (bicyclic) bond motifs is 2. The van der Waals surface area contributed by atoms with E-state index in [2.05, 4.69) is 0 Å². The molecule has 0 saturated heterocycles. The van der Waals surface area contributed by atoms with Gasteiger partial charge in [0.2, 0.25) is 11.8 Å². The number of nitrogens with zero attached hydrogens (tertiary/aromatic N) is 4.